The molecule has 3 nitrogen and oxygen atoms in total. The lowest BCUT2D eigenvalue weighted by molar-refractivity contribution is -0.141. The van der Waals surface area contributed by atoms with E-state index in [1.807, 2.05) is 26.8 Å². The second-order valence-electron chi connectivity index (χ2n) is 4.41. The molecule has 0 aromatic heterocycles. The molecule has 0 fully saturated rings. The van der Waals surface area contributed by atoms with E-state index in [0.29, 0.717) is 12.8 Å². The Hall–Kier alpha value is -1.51. The van der Waals surface area contributed by atoms with Gasteiger partial charge in [-0.3, -0.25) is 4.79 Å². The highest BCUT2D eigenvalue weighted by atomic mass is 16.5. The lowest BCUT2D eigenvalue weighted by Crippen LogP contribution is -2.16. The Morgan fingerprint density at radius 3 is 2.53 bits per heavy atom. The van der Waals surface area contributed by atoms with E-state index in [4.69, 9.17) is 9.84 Å². The van der Waals surface area contributed by atoms with Gasteiger partial charge in [0.05, 0.1) is 13.0 Å². The number of benzene rings is 1. The molecule has 1 unspecified atom stereocenters. The Morgan fingerprint density at radius 2 is 2.06 bits per heavy atom. The molecule has 0 saturated carbocycles. The SMILES string of the molecule is CCC(Cc1c(C)cc(C)cc1OC)C(=O)O. The minimum atomic E-state index is -0.741. The van der Waals surface area contributed by atoms with E-state index >= 15 is 0 Å². The number of carboxylic acid groups (broad SMARTS) is 1. The van der Waals surface area contributed by atoms with Crippen molar-refractivity contribution in [3.63, 3.8) is 0 Å². The molecule has 1 N–H and O–H groups in total. The number of hydrogen-bond donors (Lipinski definition) is 1. The summed E-state index contributed by atoms with van der Waals surface area (Å²) in [6.07, 6.45) is 1.16. The molecule has 0 aliphatic heterocycles. The Bertz CT molecular complexity index is 410. The van der Waals surface area contributed by atoms with Gasteiger partial charge in [-0.1, -0.05) is 13.0 Å². The third-order valence-corrected chi connectivity index (χ3v) is 3.09. The van der Waals surface area contributed by atoms with E-state index in [1.165, 1.54) is 0 Å². The first-order valence-corrected chi connectivity index (χ1v) is 5.86. The molecule has 0 aliphatic carbocycles. The number of hydrogen-bond acceptors (Lipinski definition) is 2. The minimum absolute atomic E-state index is 0.342. The summed E-state index contributed by atoms with van der Waals surface area (Å²) in [6, 6.07) is 4.02. The first-order valence-electron chi connectivity index (χ1n) is 5.86. The van der Waals surface area contributed by atoms with Crippen molar-refractivity contribution < 1.29 is 14.6 Å². The molecule has 94 valence electrons. The van der Waals surface area contributed by atoms with Gasteiger partial charge in [0.25, 0.3) is 0 Å². The number of aryl methyl sites for hydroxylation is 2. The Morgan fingerprint density at radius 1 is 1.41 bits per heavy atom. The molecule has 1 aromatic rings. The summed E-state index contributed by atoms with van der Waals surface area (Å²) in [5.41, 5.74) is 3.24. The zero-order valence-electron chi connectivity index (χ0n) is 10.9. The van der Waals surface area contributed by atoms with Gasteiger partial charge in [0, 0.05) is 0 Å². The second-order valence-corrected chi connectivity index (χ2v) is 4.41. The van der Waals surface area contributed by atoms with Gasteiger partial charge in [-0.25, -0.2) is 0 Å². The quantitative estimate of drug-likeness (QED) is 0.855. The van der Waals surface area contributed by atoms with Crippen molar-refractivity contribution >= 4 is 5.97 Å². The molecule has 1 rings (SSSR count). The van der Waals surface area contributed by atoms with Crippen molar-refractivity contribution in [2.45, 2.75) is 33.6 Å². The summed E-state index contributed by atoms with van der Waals surface area (Å²) in [4.78, 5) is 11.1. The number of rotatable bonds is 5. The van der Waals surface area contributed by atoms with Crippen molar-refractivity contribution in [2.24, 2.45) is 5.92 Å². The van der Waals surface area contributed by atoms with E-state index in [2.05, 4.69) is 6.07 Å². The van der Waals surface area contributed by atoms with Crippen LogP contribution in [0.15, 0.2) is 12.1 Å². The summed E-state index contributed by atoms with van der Waals surface area (Å²) in [5, 5.41) is 9.10. The first kappa shape index (κ1) is 13.6. The average Bonchev–Trinajstić information content (AvgIpc) is 2.26. The number of carbonyl (C=O) groups is 1. The van der Waals surface area contributed by atoms with Gasteiger partial charge in [0.15, 0.2) is 0 Å². The molecule has 0 heterocycles. The van der Waals surface area contributed by atoms with Crippen LogP contribution in [-0.2, 0) is 11.2 Å². The molecular formula is C14H20O3. The molecule has 0 saturated heterocycles. The normalized spacial score (nSPS) is 12.2. The van der Waals surface area contributed by atoms with Crippen molar-refractivity contribution in [1.82, 2.24) is 0 Å². The summed E-state index contributed by atoms with van der Waals surface area (Å²) >= 11 is 0. The Labute approximate surface area is 102 Å². The molecule has 3 heteroatoms. The highest BCUT2D eigenvalue weighted by Crippen LogP contribution is 2.27. The summed E-state index contributed by atoms with van der Waals surface area (Å²) < 4.78 is 5.34. The second kappa shape index (κ2) is 5.71. The van der Waals surface area contributed by atoms with E-state index < -0.39 is 5.97 Å². The van der Waals surface area contributed by atoms with Crippen LogP contribution in [-0.4, -0.2) is 18.2 Å². The fourth-order valence-electron chi connectivity index (χ4n) is 2.05. The Kier molecular flexibility index (Phi) is 4.55. The average molecular weight is 236 g/mol. The van der Waals surface area contributed by atoms with E-state index in [1.54, 1.807) is 7.11 Å². The van der Waals surface area contributed by atoms with Crippen molar-refractivity contribution in [3.8, 4) is 5.75 Å². The number of aliphatic carboxylic acids is 1. The lowest BCUT2D eigenvalue weighted by Gasteiger charge is -2.16. The molecule has 1 aromatic carbocycles. The van der Waals surface area contributed by atoms with Gasteiger partial charge in [0.2, 0.25) is 0 Å². The topological polar surface area (TPSA) is 46.5 Å². The standard InChI is InChI=1S/C14H20O3/c1-5-11(14(15)16)8-12-10(3)6-9(2)7-13(12)17-4/h6-7,11H,5,8H2,1-4H3,(H,15,16). The maximum atomic E-state index is 11.1. The molecule has 1 atom stereocenters. The van der Waals surface area contributed by atoms with Gasteiger partial charge in [-0.15, -0.1) is 0 Å². The zero-order chi connectivity index (χ0) is 13.0. The molecule has 0 bridgehead atoms. The van der Waals surface area contributed by atoms with Crippen molar-refractivity contribution in [3.05, 3.63) is 28.8 Å². The summed E-state index contributed by atoms with van der Waals surface area (Å²) in [7, 11) is 1.62. The third-order valence-electron chi connectivity index (χ3n) is 3.09. The predicted octanol–water partition coefficient (Wildman–Crippen LogP) is 2.97. The van der Waals surface area contributed by atoms with Gasteiger partial charge in [0.1, 0.15) is 5.75 Å². The van der Waals surface area contributed by atoms with Gasteiger partial charge in [-0.05, 0) is 49.4 Å². The largest absolute Gasteiger partial charge is 0.496 e. The first-order chi connectivity index (χ1) is 7.99. The predicted molar refractivity (Wildman–Crippen MR) is 67.6 cm³/mol. The molecule has 0 radical (unpaired) electrons. The van der Waals surface area contributed by atoms with Crippen LogP contribution in [0.1, 0.15) is 30.0 Å². The van der Waals surface area contributed by atoms with Gasteiger partial charge in [-0.2, -0.15) is 0 Å². The van der Waals surface area contributed by atoms with E-state index in [9.17, 15) is 4.79 Å². The van der Waals surface area contributed by atoms with E-state index in [0.717, 1.165) is 22.4 Å². The monoisotopic (exact) mass is 236 g/mol. The molecule has 0 spiro atoms. The summed E-state index contributed by atoms with van der Waals surface area (Å²) in [6.45, 7) is 5.90. The minimum Gasteiger partial charge on any atom is -0.496 e. The van der Waals surface area contributed by atoms with Crippen LogP contribution < -0.4 is 4.74 Å². The van der Waals surface area contributed by atoms with Crippen LogP contribution in [0, 0.1) is 19.8 Å². The van der Waals surface area contributed by atoms with Crippen molar-refractivity contribution in [2.75, 3.05) is 7.11 Å². The van der Waals surface area contributed by atoms with Crippen LogP contribution in [0.3, 0.4) is 0 Å². The number of ether oxygens (including phenoxy) is 1. The van der Waals surface area contributed by atoms with Crippen LogP contribution in [0.4, 0.5) is 0 Å². The maximum Gasteiger partial charge on any atom is 0.306 e. The number of methoxy groups -OCH3 is 1. The fourth-order valence-corrected chi connectivity index (χ4v) is 2.05. The third kappa shape index (κ3) is 3.22. The molecular weight excluding hydrogens is 216 g/mol. The van der Waals surface area contributed by atoms with Gasteiger partial charge < -0.3 is 9.84 Å². The molecule has 17 heavy (non-hydrogen) atoms. The number of carboxylic acids is 1. The molecule has 0 amide bonds. The molecule has 0 aliphatic rings. The van der Waals surface area contributed by atoms with Crippen LogP contribution >= 0.6 is 0 Å². The summed E-state index contributed by atoms with van der Waals surface area (Å²) in [5.74, 6) is -0.290. The highest BCUT2D eigenvalue weighted by Gasteiger charge is 2.19. The lowest BCUT2D eigenvalue weighted by atomic mass is 9.92. The van der Waals surface area contributed by atoms with E-state index in [-0.39, 0.29) is 5.92 Å². The maximum absolute atomic E-state index is 11.1. The smallest absolute Gasteiger partial charge is 0.306 e. The van der Waals surface area contributed by atoms with Crippen molar-refractivity contribution in [1.29, 1.82) is 0 Å². The zero-order valence-corrected chi connectivity index (χ0v) is 10.9. The van der Waals surface area contributed by atoms with Gasteiger partial charge >= 0.3 is 5.97 Å². The Balaban J connectivity index is 3.08. The fraction of sp³-hybridized carbons (Fsp3) is 0.500. The van der Waals surface area contributed by atoms with Crippen LogP contribution in [0.5, 0.6) is 5.75 Å². The highest BCUT2D eigenvalue weighted by molar-refractivity contribution is 5.70. The van der Waals surface area contributed by atoms with Crippen LogP contribution in [0.25, 0.3) is 0 Å². The van der Waals surface area contributed by atoms with Crippen LogP contribution in [0.2, 0.25) is 0 Å².